The van der Waals surface area contributed by atoms with Crippen LogP contribution in [0.15, 0.2) is 58.4 Å². The quantitative estimate of drug-likeness (QED) is 0.453. The molecule has 1 aromatic heterocycles. The summed E-state index contributed by atoms with van der Waals surface area (Å²) in [5.41, 5.74) is 3.22. The van der Waals surface area contributed by atoms with Crippen LogP contribution in [-0.2, 0) is 0 Å². The van der Waals surface area contributed by atoms with Crippen molar-refractivity contribution in [2.45, 2.75) is 0 Å². The second kappa shape index (κ2) is 6.85. The number of aromatic nitrogens is 1. The number of halogens is 3. The zero-order valence-corrected chi connectivity index (χ0v) is 15.1. The molecular weight excluding hydrogens is 422 g/mol. The van der Waals surface area contributed by atoms with Crippen molar-refractivity contribution in [3.05, 3.63) is 63.4 Å². The number of hydrogen-bond donors (Lipinski definition) is 0. The third-order valence-electron chi connectivity index (χ3n) is 2.74. The summed E-state index contributed by atoms with van der Waals surface area (Å²) in [6.07, 6.45) is 0. The minimum Gasteiger partial charge on any atom is -0.236 e. The fourth-order valence-corrected chi connectivity index (χ4v) is 2.98. The molecule has 0 unspecified atom stereocenters. The maximum atomic E-state index is 5.89. The van der Waals surface area contributed by atoms with Crippen LogP contribution in [0.3, 0.4) is 0 Å². The highest BCUT2D eigenvalue weighted by Gasteiger charge is 2.06. The van der Waals surface area contributed by atoms with Crippen LogP contribution >= 0.6 is 55.8 Å². The van der Waals surface area contributed by atoms with Crippen LogP contribution in [0.5, 0.6) is 0 Å². The highest BCUT2D eigenvalue weighted by molar-refractivity contribution is 9.10. The molecule has 1 heterocycles. The summed E-state index contributed by atoms with van der Waals surface area (Å²) in [6, 6.07) is 15.9. The molecule has 0 saturated heterocycles. The molecule has 0 radical (unpaired) electrons. The van der Waals surface area contributed by atoms with E-state index in [-0.39, 0.29) is 17.0 Å². The van der Waals surface area contributed by atoms with E-state index in [1.165, 1.54) is 0 Å². The molecule has 0 aliphatic rings. The number of hydrogen-bond acceptors (Lipinski definition) is 2. The van der Waals surface area contributed by atoms with Gasteiger partial charge < -0.3 is 0 Å². The molecule has 0 aliphatic heterocycles. The highest BCUT2D eigenvalue weighted by Crippen LogP contribution is 2.30. The van der Waals surface area contributed by atoms with E-state index in [9.17, 15) is 0 Å². The van der Waals surface area contributed by atoms with Gasteiger partial charge in [0.25, 0.3) is 0 Å². The molecule has 0 atom stereocenters. The fraction of sp³-hybridized carbons (Fsp3) is 0. The van der Waals surface area contributed by atoms with Crippen molar-refractivity contribution in [2.24, 2.45) is 0 Å². The minimum atomic E-state index is 0. The van der Waals surface area contributed by atoms with E-state index < -0.39 is 0 Å². The minimum absolute atomic E-state index is 0. The van der Waals surface area contributed by atoms with Crippen molar-refractivity contribution >= 4 is 55.8 Å². The summed E-state index contributed by atoms with van der Waals surface area (Å²) in [5.74, 6) is 0. The van der Waals surface area contributed by atoms with Gasteiger partial charge in [0.05, 0.1) is 5.69 Å². The molecule has 0 N–H and O–H groups in total. The van der Waals surface area contributed by atoms with Gasteiger partial charge in [-0.05, 0) is 24.3 Å². The first-order chi connectivity index (χ1) is 9.22. The molecule has 20 heavy (non-hydrogen) atoms. The Balaban J connectivity index is 0.00000147. The Hall–Kier alpha value is -0.680. The summed E-state index contributed by atoms with van der Waals surface area (Å²) >= 11 is 11.0. The molecule has 1 nitrogen and oxygen atoms in total. The lowest BCUT2D eigenvalue weighted by molar-refractivity contribution is 1.40. The smallest absolute Gasteiger partial charge is 0.124 e. The van der Waals surface area contributed by atoms with E-state index >= 15 is 0 Å². The zero-order valence-electron chi connectivity index (χ0n) is 10.2. The first-order valence-electron chi connectivity index (χ1n) is 5.70. The predicted octanol–water partition coefficient (Wildman–Crippen LogP) is 6.47. The SMILES string of the molecule is Br.Clc1ccc(-c2nc(-c3ccc(Br)cc3)cs2)cc1. The van der Waals surface area contributed by atoms with Crippen molar-refractivity contribution in [1.29, 1.82) is 0 Å². The second-order valence-corrected chi connectivity index (χ2v) is 6.26. The van der Waals surface area contributed by atoms with Gasteiger partial charge in [-0.3, -0.25) is 0 Å². The monoisotopic (exact) mass is 429 g/mol. The van der Waals surface area contributed by atoms with Gasteiger partial charge in [-0.15, -0.1) is 28.3 Å². The van der Waals surface area contributed by atoms with Gasteiger partial charge in [0, 0.05) is 26.0 Å². The Morgan fingerprint density at radius 2 is 1.50 bits per heavy atom. The fourth-order valence-electron chi connectivity index (χ4n) is 1.75. The molecule has 0 fully saturated rings. The van der Waals surface area contributed by atoms with Crippen LogP contribution in [0.2, 0.25) is 5.02 Å². The van der Waals surface area contributed by atoms with Gasteiger partial charge in [-0.2, -0.15) is 0 Å². The Morgan fingerprint density at radius 3 is 2.15 bits per heavy atom. The molecule has 0 aliphatic carbocycles. The summed E-state index contributed by atoms with van der Waals surface area (Å²) in [4.78, 5) is 4.67. The van der Waals surface area contributed by atoms with Gasteiger partial charge in [-0.25, -0.2) is 4.98 Å². The zero-order chi connectivity index (χ0) is 13.2. The van der Waals surface area contributed by atoms with E-state index in [2.05, 4.69) is 38.4 Å². The molecule has 0 amide bonds. The predicted molar refractivity (Wildman–Crippen MR) is 96.0 cm³/mol. The van der Waals surface area contributed by atoms with Crippen molar-refractivity contribution < 1.29 is 0 Å². The number of thiazole rings is 1. The Bertz CT molecular complexity index is 633. The molecule has 5 heteroatoms. The third kappa shape index (κ3) is 3.50. The number of nitrogens with zero attached hydrogens (tertiary/aromatic N) is 1. The Morgan fingerprint density at radius 1 is 0.900 bits per heavy atom. The molecule has 0 bridgehead atoms. The van der Waals surface area contributed by atoms with Crippen LogP contribution in [0.25, 0.3) is 21.8 Å². The standard InChI is InChI=1S/C15H9BrClNS.BrH/c16-12-5-1-10(2-6-12)14-9-19-15(18-14)11-3-7-13(17)8-4-11;/h1-9H;1H. The molecular formula is C15H10Br2ClNS. The highest BCUT2D eigenvalue weighted by atomic mass is 79.9. The van der Waals surface area contributed by atoms with Crippen molar-refractivity contribution in [2.75, 3.05) is 0 Å². The van der Waals surface area contributed by atoms with Gasteiger partial charge in [0.1, 0.15) is 5.01 Å². The molecule has 0 saturated carbocycles. The molecule has 3 rings (SSSR count). The van der Waals surface area contributed by atoms with Gasteiger partial charge >= 0.3 is 0 Å². The molecule has 3 aromatic rings. The van der Waals surface area contributed by atoms with Crippen molar-refractivity contribution in [3.63, 3.8) is 0 Å². The second-order valence-electron chi connectivity index (χ2n) is 4.05. The van der Waals surface area contributed by atoms with Crippen molar-refractivity contribution in [3.8, 4) is 21.8 Å². The van der Waals surface area contributed by atoms with Crippen LogP contribution < -0.4 is 0 Å². The van der Waals surface area contributed by atoms with E-state index in [1.807, 2.05) is 36.4 Å². The number of rotatable bonds is 2. The average Bonchev–Trinajstić information content (AvgIpc) is 2.90. The van der Waals surface area contributed by atoms with E-state index in [1.54, 1.807) is 11.3 Å². The normalized spacial score (nSPS) is 10.1. The lowest BCUT2D eigenvalue weighted by atomic mass is 10.2. The maximum Gasteiger partial charge on any atom is 0.124 e. The topological polar surface area (TPSA) is 12.9 Å². The molecule has 102 valence electrons. The molecule has 2 aromatic carbocycles. The number of benzene rings is 2. The van der Waals surface area contributed by atoms with E-state index in [0.29, 0.717) is 0 Å². The first-order valence-corrected chi connectivity index (χ1v) is 7.75. The van der Waals surface area contributed by atoms with Crippen LogP contribution in [0.1, 0.15) is 0 Å². The largest absolute Gasteiger partial charge is 0.236 e. The summed E-state index contributed by atoms with van der Waals surface area (Å²) in [6.45, 7) is 0. The summed E-state index contributed by atoms with van der Waals surface area (Å²) < 4.78 is 1.07. The Kier molecular flexibility index (Phi) is 5.38. The Labute approximate surface area is 145 Å². The van der Waals surface area contributed by atoms with E-state index in [4.69, 9.17) is 11.6 Å². The summed E-state index contributed by atoms with van der Waals surface area (Å²) in [7, 11) is 0. The lowest BCUT2D eigenvalue weighted by Crippen LogP contribution is -1.79. The van der Waals surface area contributed by atoms with Crippen molar-refractivity contribution in [1.82, 2.24) is 4.98 Å². The average molecular weight is 432 g/mol. The third-order valence-corrected chi connectivity index (χ3v) is 4.41. The van der Waals surface area contributed by atoms with Gasteiger partial charge in [-0.1, -0.05) is 51.8 Å². The van der Waals surface area contributed by atoms with Gasteiger partial charge in [0.15, 0.2) is 0 Å². The van der Waals surface area contributed by atoms with Crippen LogP contribution in [-0.4, -0.2) is 4.98 Å². The maximum absolute atomic E-state index is 5.89. The van der Waals surface area contributed by atoms with Crippen LogP contribution in [0.4, 0.5) is 0 Å². The lowest BCUT2D eigenvalue weighted by Gasteiger charge is -1.97. The summed E-state index contributed by atoms with van der Waals surface area (Å²) in [5, 5.41) is 3.83. The van der Waals surface area contributed by atoms with E-state index in [0.717, 1.165) is 31.3 Å². The molecule has 0 spiro atoms. The van der Waals surface area contributed by atoms with Crippen LogP contribution in [0, 0.1) is 0 Å². The van der Waals surface area contributed by atoms with Gasteiger partial charge in [0.2, 0.25) is 0 Å². The first kappa shape index (κ1) is 15.7.